The number of nitrogens with one attached hydrogen (secondary N) is 2. The van der Waals surface area contributed by atoms with Gasteiger partial charge in [0.15, 0.2) is 0 Å². The number of amides is 1. The molecule has 1 heterocycles. The van der Waals surface area contributed by atoms with E-state index in [1.54, 1.807) is 0 Å². The summed E-state index contributed by atoms with van der Waals surface area (Å²) >= 11 is 0. The lowest BCUT2D eigenvalue weighted by Crippen LogP contribution is -2.57. The smallest absolute Gasteiger partial charge is 0.236 e. The topological polar surface area (TPSA) is 61.4 Å². The molecule has 0 aromatic rings. The Bertz CT molecular complexity index is 149. The highest BCUT2D eigenvalue weighted by Crippen LogP contribution is 1.98. The van der Waals surface area contributed by atoms with Crippen LogP contribution in [0.5, 0.6) is 0 Å². The maximum atomic E-state index is 10.9. The Hall–Kier alpha value is -0.610. The Morgan fingerprint density at radius 2 is 2.45 bits per heavy atom. The van der Waals surface area contributed by atoms with Gasteiger partial charge in [-0.2, -0.15) is 0 Å². The van der Waals surface area contributed by atoms with Crippen LogP contribution in [0, 0.1) is 0 Å². The third-order valence-corrected chi connectivity index (χ3v) is 1.88. The molecule has 64 valence electrons. The third-order valence-electron chi connectivity index (χ3n) is 1.88. The van der Waals surface area contributed by atoms with Crippen molar-refractivity contribution >= 4 is 5.91 Å². The Morgan fingerprint density at radius 1 is 1.73 bits per heavy atom. The molecule has 1 fully saturated rings. The number of carbonyl (C=O) groups excluding carboxylic acids is 1. The van der Waals surface area contributed by atoms with Gasteiger partial charge in [0.05, 0.1) is 6.04 Å². The molecule has 4 heteroatoms. The quantitative estimate of drug-likeness (QED) is 0.475. The molecule has 0 saturated carbocycles. The van der Waals surface area contributed by atoms with E-state index in [1.807, 2.05) is 6.92 Å². The lowest BCUT2D eigenvalue weighted by Gasteiger charge is -2.28. The zero-order chi connectivity index (χ0) is 8.27. The van der Waals surface area contributed by atoms with Gasteiger partial charge in [-0.1, -0.05) is 0 Å². The van der Waals surface area contributed by atoms with Crippen LogP contribution in [0.2, 0.25) is 0 Å². The third kappa shape index (κ3) is 2.17. The Balaban J connectivity index is 2.33. The number of hydrogen-bond donors (Lipinski definition) is 3. The van der Waals surface area contributed by atoms with E-state index in [2.05, 4.69) is 10.6 Å². The van der Waals surface area contributed by atoms with Crippen LogP contribution in [-0.4, -0.2) is 36.2 Å². The summed E-state index contributed by atoms with van der Waals surface area (Å²) in [6.45, 7) is 2.61. The predicted molar refractivity (Wildman–Crippen MR) is 41.1 cm³/mol. The first-order valence-corrected chi connectivity index (χ1v) is 3.88. The zero-order valence-corrected chi connectivity index (χ0v) is 6.63. The van der Waals surface area contributed by atoms with Crippen LogP contribution >= 0.6 is 0 Å². The maximum Gasteiger partial charge on any atom is 0.236 e. The number of piperazine rings is 1. The van der Waals surface area contributed by atoms with Crippen molar-refractivity contribution in [1.82, 2.24) is 10.6 Å². The molecule has 0 radical (unpaired) electrons. The summed E-state index contributed by atoms with van der Waals surface area (Å²) in [5.74, 6) is 0.0409. The van der Waals surface area contributed by atoms with Gasteiger partial charge in [0, 0.05) is 19.2 Å². The lowest BCUT2D eigenvalue weighted by atomic mass is 10.1. The molecule has 0 aromatic carbocycles. The van der Waals surface area contributed by atoms with Gasteiger partial charge >= 0.3 is 0 Å². The van der Waals surface area contributed by atoms with Crippen molar-refractivity contribution in [2.24, 2.45) is 0 Å². The molecule has 2 atom stereocenters. The van der Waals surface area contributed by atoms with Crippen molar-refractivity contribution in [3.8, 4) is 0 Å². The lowest BCUT2D eigenvalue weighted by molar-refractivity contribution is -0.124. The second-order valence-electron chi connectivity index (χ2n) is 2.84. The van der Waals surface area contributed by atoms with Gasteiger partial charge in [0.1, 0.15) is 0 Å². The molecule has 0 aliphatic carbocycles. The van der Waals surface area contributed by atoms with Gasteiger partial charge in [0.2, 0.25) is 5.91 Å². The molecule has 1 aliphatic rings. The van der Waals surface area contributed by atoms with E-state index in [1.165, 1.54) is 0 Å². The van der Waals surface area contributed by atoms with Crippen molar-refractivity contribution in [1.29, 1.82) is 0 Å². The van der Waals surface area contributed by atoms with Crippen LogP contribution in [0.25, 0.3) is 0 Å². The SMILES string of the molecule is C[C@@H]1NC(CCO)CNC1=O. The van der Waals surface area contributed by atoms with Crippen molar-refractivity contribution in [2.45, 2.75) is 25.4 Å². The van der Waals surface area contributed by atoms with E-state index in [9.17, 15) is 4.79 Å². The van der Waals surface area contributed by atoms with Crippen LogP contribution in [0.1, 0.15) is 13.3 Å². The van der Waals surface area contributed by atoms with Crippen LogP contribution in [-0.2, 0) is 4.79 Å². The Kier molecular flexibility index (Phi) is 2.84. The van der Waals surface area contributed by atoms with Crippen molar-refractivity contribution in [2.75, 3.05) is 13.2 Å². The zero-order valence-electron chi connectivity index (χ0n) is 6.63. The van der Waals surface area contributed by atoms with Crippen LogP contribution < -0.4 is 10.6 Å². The monoisotopic (exact) mass is 158 g/mol. The number of hydrogen-bond acceptors (Lipinski definition) is 3. The molecule has 0 bridgehead atoms. The molecule has 11 heavy (non-hydrogen) atoms. The first-order valence-electron chi connectivity index (χ1n) is 3.88. The van der Waals surface area contributed by atoms with Gasteiger partial charge in [-0.05, 0) is 13.3 Å². The highest BCUT2D eigenvalue weighted by Gasteiger charge is 2.22. The van der Waals surface area contributed by atoms with Crippen molar-refractivity contribution in [3.05, 3.63) is 0 Å². The van der Waals surface area contributed by atoms with E-state index in [4.69, 9.17) is 5.11 Å². The predicted octanol–water partition coefficient (Wildman–Crippen LogP) is -1.15. The van der Waals surface area contributed by atoms with Gasteiger partial charge in [-0.25, -0.2) is 0 Å². The van der Waals surface area contributed by atoms with Gasteiger partial charge < -0.3 is 15.7 Å². The maximum absolute atomic E-state index is 10.9. The van der Waals surface area contributed by atoms with E-state index in [0.717, 1.165) is 0 Å². The van der Waals surface area contributed by atoms with Crippen LogP contribution in [0.15, 0.2) is 0 Å². The highest BCUT2D eigenvalue weighted by molar-refractivity contribution is 5.82. The second kappa shape index (κ2) is 3.69. The summed E-state index contributed by atoms with van der Waals surface area (Å²) in [5, 5.41) is 14.5. The summed E-state index contributed by atoms with van der Waals surface area (Å²) in [6.07, 6.45) is 0.699. The summed E-state index contributed by atoms with van der Waals surface area (Å²) in [4.78, 5) is 10.9. The summed E-state index contributed by atoms with van der Waals surface area (Å²) in [7, 11) is 0. The average molecular weight is 158 g/mol. The molecule has 1 amide bonds. The average Bonchev–Trinajstić information content (AvgIpc) is 1.98. The first kappa shape index (κ1) is 8.49. The fourth-order valence-corrected chi connectivity index (χ4v) is 1.21. The number of aliphatic hydroxyl groups is 1. The van der Waals surface area contributed by atoms with E-state index in [-0.39, 0.29) is 24.6 Å². The summed E-state index contributed by atoms with van der Waals surface area (Å²) < 4.78 is 0. The number of rotatable bonds is 2. The molecule has 0 aromatic heterocycles. The minimum Gasteiger partial charge on any atom is -0.396 e. The second-order valence-corrected chi connectivity index (χ2v) is 2.84. The fourth-order valence-electron chi connectivity index (χ4n) is 1.21. The molecule has 0 spiro atoms. The van der Waals surface area contributed by atoms with Crippen molar-refractivity contribution < 1.29 is 9.90 Å². The first-order chi connectivity index (χ1) is 5.24. The fraction of sp³-hybridized carbons (Fsp3) is 0.857. The minimum atomic E-state index is -0.125. The van der Waals surface area contributed by atoms with E-state index >= 15 is 0 Å². The minimum absolute atomic E-state index is 0.0409. The summed E-state index contributed by atoms with van der Waals surface area (Å²) in [5.41, 5.74) is 0. The molecular weight excluding hydrogens is 144 g/mol. The Morgan fingerprint density at radius 3 is 3.00 bits per heavy atom. The largest absolute Gasteiger partial charge is 0.396 e. The molecule has 1 saturated heterocycles. The number of carbonyl (C=O) groups is 1. The molecule has 1 unspecified atom stereocenters. The summed E-state index contributed by atoms with van der Waals surface area (Å²) in [6, 6.07) is 0.105. The van der Waals surface area contributed by atoms with E-state index < -0.39 is 0 Å². The van der Waals surface area contributed by atoms with Crippen LogP contribution in [0.4, 0.5) is 0 Å². The van der Waals surface area contributed by atoms with E-state index in [0.29, 0.717) is 13.0 Å². The standard InChI is InChI=1S/C7H14N2O2/c1-5-7(11)8-4-6(9-5)2-3-10/h5-6,9-10H,2-4H2,1H3,(H,8,11)/t5-,6?/m0/s1. The Labute approximate surface area is 66.0 Å². The van der Waals surface area contributed by atoms with Gasteiger partial charge in [0.25, 0.3) is 0 Å². The van der Waals surface area contributed by atoms with Crippen molar-refractivity contribution in [3.63, 3.8) is 0 Å². The molecule has 1 aliphatic heterocycles. The molecule has 1 rings (SSSR count). The van der Waals surface area contributed by atoms with Gasteiger partial charge in [-0.15, -0.1) is 0 Å². The normalized spacial score (nSPS) is 31.6. The highest BCUT2D eigenvalue weighted by atomic mass is 16.3. The van der Waals surface area contributed by atoms with Crippen LogP contribution in [0.3, 0.4) is 0 Å². The molecular formula is C7H14N2O2. The number of aliphatic hydroxyl groups excluding tert-OH is 1. The molecule has 3 N–H and O–H groups in total. The molecule has 4 nitrogen and oxygen atoms in total. The van der Waals surface area contributed by atoms with Gasteiger partial charge in [-0.3, -0.25) is 4.79 Å².